The van der Waals surface area contributed by atoms with Crippen molar-refractivity contribution in [2.24, 2.45) is 0 Å². The van der Waals surface area contributed by atoms with Crippen LogP contribution in [0.25, 0.3) is 10.8 Å². The summed E-state index contributed by atoms with van der Waals surface area (Å²) in [6.45, 7) is 1.43. The number of sulfonamides is 1. The van der Waals surface area contributed by atoms with Gasteiger partial charge in [0, 0.05) is 23.7 Å². The lowest BCUT2D eigenvalue weighted by molar-refractivity contribution is -0.114. The average molecular weight is 409 g/mol. The molecule has 2 amide bonds. The van der Waals surface area contributed by atoms with Gasteiger partial charge in [-0.2, -0.15) is 0 Å². The van der Waals surface area contributed by atoms with Crippen molar-refractivity contribution in [3.63, 3.8) is 0 Å². The first-order valence-electron chi connectivity index (χ1n) is 9.00. The smallest absolute Gasteiger partial charge is 0.265 e. The van der Waals surface area contributed by atoms with Crippen molar-refractivity contribution in [1.29, 1.82) is 0 Å². The quantitative estimate of drug-likeness (QED) is 0.693. The third-order valence-electron chi connectivity index (χ3n) is 4.96. The number of benzene rings is 3. The number of anilines is 2. The number of carbonyl (C=O) groups is 2. The molecule has 0 bridgehead atoms. The summed E-state index contributed by atoms with van der Waals surface area (Å²) in [6.07, 6.45) is 0. The van der Waals surface area contributed by atoms with E-state index < -0.39 is 15.9 Å². The van der Waals surface area contributed by atoms with Gasteiger partial charge >= 0.3 is 0 Å². The average Bonchev–Trinajstić information content (AvgIpc) is 2.92. The van der Waals surface area contributed by atoms with Crippen molar-refractivity contribution in [1.82, 2.24) is 5.32 Å². The molecule has 0 saturated heterocycles. The largest absolute Gasteiger partial charge is 0.355 e. The predicted molar refractivity (Wildman–Crippen MR) is 112 cm³/mol. The number of nitrogens with zero attached hydrogens (tertiary/aromatic N) is 1. The molecular formula is C21H19N3O4S. The third-order valence-corrected chi connectivity index (χ3v) is 6.76. The highest BCUT2D eigenvalue weighted by Crippen LogP contribution is 2.41. The highest BCUT2D eigenvalue weighted by molar-refractivity contribution is 7.93. The molecule has 0 aliphatic carbocycles. The number of amides is 2. The van der Waals surface area contributed by atoms with Crippen molar-refractivity contribution in [2.75, 3.05) is 23.2 Å². The lowest BCUT2D eigenvalue weighted by Gasteiger charge is -2.19. The molecule has 0 spiro atoms. The fourth-order valence-corrected chi connectivity index (χ4v) is 5.20. The van der Waals surface area contributed by atoms with Crippen molar-refractivity contribution >= 4 is 44.0 Å². The zero-order valence-electron chi connectivity index (χ0n) is 15.9. The van der Waals surface area contributed by atoms with Crippen molar-refractivity contribution in [3.05, 3.63) is 65.7 Å². The SMILES string of the molecule is CNC(=O)c1ccc(NC(=O)CN2c3cccc4cccc(c34)S2(=O)=O)c(C)c1. The van der Waals surface area contributed by atoms with Crippen molar-refractivity contribution in [3.8, 4) is 0 Å². The van der Waals surface area contributed by atoms with E-state index in [0.29, 0.717) is 27.9 Å². The van der Waals surface area contributed by atoms with Gasteiger partial charge in [0.15, 0.2) is 0 Å². The number of carbonyl (C=O) groups excluding carboxylic acids is 2. The van der Waals surface area contributed by atoms with E-state index in [-0.39, 0.29) is 17.3 Å². The molecule has 0 radical (unpaired) electrons. The number of aryl methyl sites for hydroxylation is 1. The number of rotatable bonds is 4. The summed E-state index contributed by atoms with van der Waals surface area (Å²) in [5.74, 6) is -0.686. The van der Waals surface area contributed by atoms with E-state index in [1.165, 1.54) is 0 Å². The van der Waals surface area contributed by atoms with Gasteiger partial charge in [-0.3, -0.25) is 13.9 Å². The molecule has 3 aromatic carbocycles. The summed E-state index contributed by atoms with van der Waals surface area (Å²) in [6, 6.07) is 15.3. The molecule has 8 heteroatoms. The summed E-state index contributed by atoms with van der Waals surface area (Å²) >= 11 is 0. The van der Waals surface area contributed by atoms with Crippen LogP contribution in [0.5, 0.6) is 0 Å². The first-order valence-corrected chi connectivity index (χ1v) is 10.4. The maximum atomic E-state index is 13.0. The molecule has 0 saturated carbocycles. The minimum Gasteiger partial charge on any atom is -0.355 e. The molecule has 148 valence electrons. The van der Waals surface area contributed by atoms with Crippen LogP contribution >= 0.6 is 0 Å². The normalized spacial score (nSPS) is 14.1. The van der Waals surface area contributed by atoms with E-state index in [9.17, 15) is 18.0 Å². The minimum atomic E-state index is -3.80. The Morgan fingerprint density at radius 3 is 2.45 bits per heavy atom. The van der Waals surface area contributed by atoms with Gasteiger partial charge < -0.3 is 10.6 Å². The standard InChI is InChI=1S/C21H19N3O4S/c1-13-11-15(21(26)22-2)9-10-16(13)23-19(25)12-24-17-7-3-5-14-6-4-8-18(20(14)17)29(24,27)28/h3-11H,12H2,1-2H3,(H,22,26)(H,23,25). The van der Waals surface area contributed by atoms with Crippen LogP contribution in [-0.2, 0) is 14.8 Å². The fourth-order valence-electron chi connectivity index (χ4n) is 3.54. The Balaban J connectivity index is 1.60. The second-order valence-electron chi connectivity index (χ2n) is 6.80. The van der Waals surface area contributed by atoms with E-state index in [4.69, 9.17) is 0 Å². The van der Waals surface area contributed by atoms with Crippen LogP contribution in [0.15, 0.2) is 59.5 Å². The topological polar surface area (TPSA) is 95.6 Å². The van der Waals surface area contributed by atoms with E-state index in [1.54, 1.807) is 56.4 Å². The lowest BCUT2D eigenvalue weighted by atomic mass is 10.1. The molecule has 1 aliphatic heterocycles. The molecule has 1 aliphatic rings. The van der Waals surface area contributed by atoms with Crippen molar-refractivity contribution in [2.45, 2.75) is 11.8 Å². The van der Waals surface area contributed by atoms with Gasteiger partial charge in [0.05, 0.1) is 10.6 Å². The molecule has 0 atom stereocenters. The molecule has 29 heavy (non-hydrogen) atoms. The maximum absolute atomic E-state index is 13.0. The second-order valence-corrected chi connectivity index (χ2v) is 8.63. The van der Waals surface area contributed by atoms with Gasteiger partial charge in [-0.1, -0.05) is 24.3 Å². The molecular weight excluding hydrogens is 390 g/mol. The van der Waals surface area contributed by atoms with Gasteiger partial charge in [-0.25, -0.2) is 8.42 Å². The number of nitrogens with one attached hydrogen (secondary N) is 2. The van der Waals surface area contributed by atoms with Crippen LogP contribution in [-0.4, -0.2) is 33.8 Å². The molecule has 7 nitrogen and oxygen atoms in total. The maximum Gasteiger partial charge on any atom is 0.265 e. The Morgan fingerprint density at radius 2 is 1.76 bits per heavy atom. The van der Waals surface area contributed by atoms with E-state index in [0.717, 1.165) is 9.69 Å². The molecule has 0 fully saturated rings. The van der Waals surface area contributed by atoms with Gasteiger partial charge in [0.1, 0.15) is 6.54 Å². The highest BCUT2D eigenvalue weighted by Gasteiger charge is 2.36. The van der Waals surface area contributed by atoms with Crippen molar-refractivity contribution < 1.29 is 18.0 Å². The summed E-state index contributed by atoms with van der Waals surface area (Å²) in [4.78, 5) is 24.6. The van der Waals surface area contributed by atoms with E-state index in [1.807, 2.05) is 12.1 Å². The van der Waals surface area contributed by atoms with Crippen LogP contribution < -0.4 is 14.9 Å². The first kappa shape index (κ1) is 18.9. The van der Waals surface area contributed by atoms with Crippen LogP contribution in [0.3, 0.4) is 0 Å². The van der Waals surface area contributed by atoms with Gasteiger partial charge in [0.25, 0.3) is 15.9 Å². The van der Waals surface area contributed by atoms with Crippen LogP contribution in [0.1, 0.15) is 15.9 Å². The summed E-state index contributed by atoms with van der Waals surface area (Å²) in [5.41, 5.74) is 2.20. The van der Waals surface area contributed by atoms with Crippen LogP contribution in [0, 0.1) is 6.92 Å². The zero-order valence-corrected chi connectivity index (χ0v) is 16.7. The fraction of sp³-hybridized carbons (Fsp3) is 0.143. The molecule has 0 unspecified atom stereocenters. The molecule has 1 heterocycles. The van der Waals surface area contributed by atoms with Crippen LogP contribution in [0.2, 0.25) is 0 Å². The monoisotopic (exact) mass is 409 g/mol. The number of hydrogen-bond acceptors (Lipinski definition) is 4. The zero-order chi connectivity index (χ0) is 20.8. The highest BCUT2D eigenvalue weighted by atomic mass is 32.2. The Hall–Kier alpha value is -3.39. The van der Waals surface area contributed by atoms with Gasteiger partial charge in [-0.05, 0) is 48.2 Å². The van der Waals surface area contributed by atoms with Gasteiger partial charge in [-0.15, -0.1) is 0 Å². The molecule has 0 aromatic heterocycles. The Morgan fingerprint density at radius 1 is 1.03 bits per heavy atom. The molecule has 4 rings (SSSR count). The molecule has 3 aromatic rings. The first-order chi connectivity index (χ1) is 13.8. The predicted octanol–water partition coefficient (Wildman–Crippen LogP) is 2.66. The van der Waals surface area contributed by atoms with Crippen LogP contribution in [0.4, 0.5) is 11.4 Å². The summed E-state index contributed by atoms with van der Waals surface area (Å²) in [5, 5.41) is 6.73. The second kappa shape index (κ2) is 6.89. The van der Waals surface area contributed by atoms with Gasteiger partial charge in [0.2, 0.25) is 5.91 Å². The third kappa shape index (κ3) is 3.11. The lowest BCUT2D eigenvalue weighted by Crippen LogP contribution is -2.35. The Labute approximate surface area is 168 Å². The minimum absolute atomic E-state index is 0.213. The Kier molecular flexibility index (Phi) is 4.50. The number of hydrogen-bond donors (Lipinski definition) is 2. The molecule has 2 N–H and O–H groups in total. The summed E-state index contributed by atoms with van der Waals surface area (Å²) in [7, 11) is -2.25. The van der Waals surface area contributed by atoms with E-state index in [2.05, 4.69) is 10.6 Å². The summed E-state index contributed by atoms with van der Waals surface area (Å²) < 4.78 is 27.1. The van der Waals surface area contributed by atoms with E-state index >= 15 is 0 Å². The Bertz CT molecular complexity index is 1260.